The Kier molecular flexibility index (Phi) is 3.46. The van der Waals surface area contributed by atoms with Crippen LogP contribution in [0.5, 0.6) is 0 Å². The molecule has 0 unspecified atom stereocenters. The Balaban J connectivity index is 2.44. The highest BCUT2D eigenvalue weighted by molar-refractivity contribution is 6.13. The minimum atomic E-state index is 0.506. The number of para-hydroxylation sites is 1. The predicted molar refractivity (Wildman–Crippen MR) is 72.6 cm³/mol. The van der Waals surface area contributed by atoms with E-state index in [0.717, 1.165) is 16.8 Å². The van der Waals surface area contributed by atoms with Gasteiger partial charge < -0.3 is 0 Å². The summed E-state index contributed by atoms with van der Waals surface area (Å²) in [6.07, 6.45) is 1.75. The van der Waals surface area contributed by atoms with Gasteiger partial charge in [-0.25, -0.2) is 0 Å². The highest BCUT2D eigenvalue weighted by atomic mass is 14.7. The maximum Gasteiger partial charge on any atom is 0.0719 e. The molecule has 17 heavy (non-hydrogen) atoms. The predicted octanol–water partition coefficient (Wildman–Crippen LogP) is 3.82. The van der Waals surface area contributed by atoms with Gasteiger partial charge in [0.25, 0.3) is 0 Å². The molecule has 2 heteroatoms. The van der Waals surface area contributed by atoms with Crippen LogP contribution in [0.15, 0.2) is 59.6 Å². The first-order valence-corrected chi connectivity index (χ1v) is 5.55. The monoisotopic (exact) mass is 222 g/mol. The van der Waals surface area contributed by atoms with E-state index in [1.807, 2.05) is 61.5 Å². The first-order chi connectivity index (χ1) is 8.33. The summed E-state index contributed by atoms with van der Waals surface area (Å²) < 4.78 is 0. The summed E-state index contributed by atoms with van der Waals surface area (Å²) in [5, 5.41) is 8.22. The Hall–Kier alpha value is -2.22. The lowest BCUT2D eigenvalue weighted by molar-refractivity contribution is 1.43. The molecular weight excluding hydrogens is 208 g/mol. The molecule has 0 aliphatic rings. The van der Waals surface area contributed by atoms with Crippen LogP contribution in [0.2, 0.25) is 0 Å². The molecule has 0 aliphatic heterocycles. The number of nitrogens with zero attached hydrogens (tertiary/aromatic N) is 1. The molecule has 0 atom stereocenters. The Bertz CT molecular complexity index is 542. The Morgan fingerprint density at radius 3 is 2.35 bits per heavy atom. The van der Waals surface area contributed by atoms with Crippen LogP contribution < -0.4 is 0 Å². The molecular formula is C15H14N2. The second-order valence-corrected chi connectivity index (χ2v) is 3.65. The Labute approximate surface area is 101 Å². The fraction of sp³-hybridized carbons (Fsp3) is 0.0667. The molecule has 0 amide bonds. The summed E-state index contributed by atoms with van der Waals surface area (Å²) in [7, 11) is 0. The first-order valence-electron chi connectivity index (χ1n) is 5.55. The van der Waals surface area contributed by atoms with Gasteiger partial charge in [-0.05, 0) is 13.0 Å². The second kappa shape index (κ2) is 5.21. The summed E-state index contributed by atoms with van der Waals surface area (Å²) in [6, 6.07) is 17.4. The van der Waals surface area contributed by atoms with E-state index >= 15 is 0 Å². The summed E-state index contributed by atoms with van der Waals surface area (Å²) in [5.74, 6) is 0. The Morgan fingerprint density at radius 2 is 1.65 bits per heavy atom. The minimum Gasteiger partial charge on any atom is -0.300 e. The highest BCUT2D eigenvalue weighted by Gasteiger charge is 2.07. The molecule has 0 saturated carbocycles. The number of rotatable bonds is 3. The molecule has 0 spiro atoms. The van der Waals surface area contributed by atoms with Crippen LogP contribution in [-0.2, 0) is 0 Å². The van der Waals surface area contributed by atoms with E-state index in [-0.39, 0.29) is 0 Å². The molecule has 84 valence electrons. The lowest BCUT2D eigenvalue weighted by Crippen LogP contribution is -2.01. The molecule has 0 aliphatic carbocycles. The zero-order chi connectivity index (χ0) is 12.1. The molecule has 2 nitrogen and oxygen atoms in total. The van der Waals surface area contributed by atoms with Gasteiger partial charge in [-0.15, -0.1) is 0 Å². The summed E-state index contributed by atoms with van der Waals surface area (Å²) in [6.45, 7) is 1.88. The molecule has 2 rings (SSSR count). The molecule has 2 aromatic carbocycles. The number of nitrogens with one attached hydrogen (secondary N) is 1. The van der Waals surface area contributed by atoms with E-state index in [9.17, 15) is 0 Å². The summed E-state index contributed by atoms with van der Waals surface area (Å²) in [5.41, 5.74) is 3.11. The smallest absolute Gasteiger partial charge is 0.0719 e. The lowest BCUT2D eigenvalue weighted by atomic mass is 10.0. The fourth-order valence-corrected chi connectivity index (χ4v) is 1.70. The highest BCUT2D eigenvalue weighted by Crippen LogP contribution is 2.21. The van der Waals surface area contributed by atoms with Gasteiger partial charge in [-0.2, -0.15) is 0 Å². The topological polar surface area (TPSA) is 36.2 Å². The second-order valence-electron chi connectivity index (χ2n) is 3.65. The number of benzene rings is 2. The van der Waals surface area contributed by atoms with Gasteiger partial charge in [-0.3, -0.25) is 10.4 Å². The van der Waals surface area contributed by atoms with Crippen molar-refractivity contribution in [3.63, 3.8) is 0 Å². The van der Waals surface area contributed by atoms with Crippen molar-refractivity contribution in [3.8, 4) is 0 Å². The maximum absolute atomic E-state index is 8.22. The third kappa shape index (κ3) is 2.48. The number of hydrogen-bond acceptors (Lipinski definition) is 2. The van der Waals surface area contributed by atoms with Crippen molar-refractivity contribution in [1.29, 1.82) is 5.41 Å². The average molecular weight is 222 g/mol. The van der Waals surface area contributed by atoms with Gasteiger partial charge in [0, 0.05) is 17.3 Å². The van der Waals surface area contributed by atoms with Crippen LogP contribution in [0, 0.1) is 5.41 Å². The van der Waals surface area contributed by atoms with Gasteiger partial charge in [0.1, 0.15) is 0 Å². The number of aliphatic imine (C=N–C) groups is 1. The van der Waals surface area contributed by atoms with Gasteiger partial charge >= 0.3 is 0 Å². The van der Waals surface area contributed by atoms with E-state index in [4.69, 9.17) is 5.41 Å². The minimum absolute atomic E-state index is 0.506. The van der Waals surface area contributed by atoms with Crippen LogP contribution >= 0.6 is 0 Å². The molecule has 0 saturated heterocycles. The van der Waals surface area contributed by atoms with Gasteiger partial charge in [0.05, 0.1) is 11.4 Å². The molecule has 0 fully saturated rings. The fourth-order valence-electron chi connectivity index (χ4n) is 1.70. The zero-order valence-electron chi connectivity index (χ0n) is 9.72. The van der Waals surface area contributed by atoms with Crippen molar-refractivity contribution in [2.24, 2.45) is 4.99 Å². The lowest BCUT2D eigenvalue weighted by Gasteiger charge is -2.07. The molecule has 0 aromatic heterocycles. The van der Waals surface area contributed by atoms with Gasteiger partial charge in [-0.1, -0.05) is 48.5 Å². The first kappa shape index (κ1) is 11.3. The van der Waals surface area contributed by atoms with Crippen molar-refractivity contribution in [3.05, 3.63) is 65.7 Å². The van der Waals surface area contributed by atoms with Crippen molar-refractivity contribution >= 4 is 17.6 Å². The molecule has 0 heterocycles. The average Bonchev–Trinajstić information content (AvgIpc) is 2.40. The summed E-state index contributed by atoms with van der Waals surface area (Å²) >= 11 is 0. The van der Waals surface area contributed by atoms with E-state index < -0.39 is 0 Å². The van der Waals surface area contributed by atoms with Crippen LogP contribution in [0.3, 0.4) is 0 Å². The Morgan fingerprint density at radius 1 is 1.00 bits per heavy atom. The third-order valence-electron chi connectivity index (χ3n) is 2.50. The van der Waals surface area contributed by atoms with Crippen molar-refractivity contribution < 1.29 is 0 Å². The normalized spacial score (nSPS) is 10.6. The van der Waals surface area contributed by atoms with E-state index in [2.05, 4.69) is 4.99 Å². The SMILES string of the molecule is CC=Nc1ccccc1C(=N)c1ccccc1. The van der Waals surface area contributed by atoms with Crippen LogP contribution in [0.1, 0.15) is 18.1 Å². The number of hydrogen-bond donors (Lipinski definition) is 1. The van der Waals surface area contributed by atoms with Crippen molar-refractivity contribution in [1.82, 2.24) is 0 Å². The summed E-state index contributed by atoms with van der Waals surface area (Å²) in [4.78, 5) is 4.29. The molecule has 2 aromatic rings. The van der Waals surface area contributed by atoms with Crippen LogP contribution in [0.4, 0.5) is 5.69 Å². The van der Waals surface area contributed by atoms with Gasteiger partial charge in [0.2, 0.25) is 0 Å². The standard InChI is InChI=1S/C15H14N2/c1-2-17-14-11-7-6-10-13(14)15(16)12-8-4-3-5-9-12/h2-11,16H,1H3. The largest absolute Gasteiger partial charge is 0.300 e. The zero-order valence-corrected chi connectivity index (χ0v) is 9.72. The quantitative estimate of drug-likeness (QED) is 0.766. The van der Waals surface area contributed by atoms with Gasteiger partial charge in [0.15, 0.2) is 0 Å². The van der Waals surface area contributed by atoms with Crippen molar-refractivity contribution in [2.75, 3.05) is 0 Å². The van der Waals surface area contributed by atoms with E-state index in [1.165, 1.54) is 0 Å². The molecule has 0 bridgehead atoms. The van der Waals surface area contributed by atoms with Crippen LogP contribution in [-0.4, -0.2) is 11.9 Å². The molecule has 0 radical (unpaired) electrons. The maximum atomic E-state index is 8.22. The molecule has 1 N–H and O–H groups in total. The third-order valence-corrected chi connectivity index (χ3v) is 2.50. The van der Waals surface area contributed by atoms with Crippen LogP contribution in [0.25, 0.3) is 0 Å². The van der Waals surface area contributed by atoms with E-state index in [0.29, 0.717) is 5.71 Å². The van der Waals surface area contributed by atoms with Crippen molar-refractivity contribution in [2.45, 2.75) is 6.92 Å². The van der Waals surface area contributed by atoms with E-state index in [1.54, 1.807) is 6.21 Å².